The Morgan fingerprint density at radius 3 is 2.48 bits per heavy atom. The summed E-state index contributed by atoms with van der Waals surface area (Å²) in [7, 11) is 0. The molecule has 0 aliphatic carbocycles. The standard InChI is InChI=1S/C17H16N2OSe/c1-12-16(11-18-14-7-9-15(20)10-8-14)21-17(19-12)13-5-3-2-4-6-13/h2-10,18,20H,11H2,1H3. The van der Waals surface area contributed by atoms with Crippen molar-refractivity contribution in [2.75, 3.05) is 5.32 Å². The predicted molar refractivity (Wildman–Crippen MR) is 86.8 cm³/mol. The molecule has 3 nitrogen and oxygen atoms in total. The third-order valence-corrected chi connectivity index (χ3v) is 5.77. The van der Waals surface area contributed by atoms with E-state index >= 15 is 0 Å². The molecule has 0 atom stereocenters. The van der Waals surface area contributed by atoms with Gasteiger partial charge in [0.2, 0.25) is 0 Å². The van der Waals surface area contributed by atoms with Gasteiger partial charge in [-0.25, -0.2) is 0 Å². The molecular weight excluding hydrogens is 327 g/mol. The maximum atomic E-state index is 9.29. The van der Waals surface area contributed by atoms with Crippen molar-refractivity contribution in [2.24, 2.45) is 0 Å². The Labute approximate surface area is 130 Å². The van der Waals surface area contributed by atoms with Crippen molar-refractivity contribution in [3.63, 3.8) is 0 Å². The molecule has 0 amide bonds. The second-order valence-electron chi connectivity index (χ2n) is 4.79. The van der Waals surface area contributed by atoms with Crippen molar-refractivity contribution in [3.05, 3.63) is 64.7 Å². The number of phenolic OH excluding ortho intramolecular Hbond substituents is 1. The van der Waals surface area contributed by atoms with Crippen molar-refractivity contribution in [1.82, 2.24) is 4.98 Å². The second kappa shape index (κ2) is 6.17. The van der Waals surface area contributed by atoms with Crippen LogP contribution in [0.5, 0.6) is 5.75 Å². The summed E-state index contributed by atoms with van der Waals surface area (Å²) in [5.74, 6) is 0.288. The Balaban J connectivity index is 1.74. The van der Waals surface area contributed by atoms with Gasteiger partial charge in [0.05, 0.1) is 0 Å². The Bertz CT molecular complexity index is 720. The van der Waals surface area contributed by atoms with Crippen LogP contribution in [-0.2, 0) is 6.54 Å². The SMILES string of the molecule is Cc1nc(-c2ccccc2)[se]c1CNc1ccc(O)cc1. The molecule has 0 saturated heterocycles. The minimum absolute atomic E-state index is 0.273. The van der Waals surface area contributed by atoms with Gasteiger partial charge in [-0.15, -0.1) is 0 Å². The molecule has 0 radical (unpaired) electrons. The maximum absolute atomic E-state index is 9.29. The van der Waals surface area contributed by atoms with Crippen molar-refractivity contribution >= 4 is 20.2 Å². The van der Waals surface area contributed by atoms with Crippen molar-refractivity contribution in [1.29, 1.82) is 0 Å². The molecule has 106 valence electrons. The summed E-state index contributed by atoms with van der Waals surface area (Å²) in [5, 5.41) is 12.7. The van der Waals surface area contributed by atoms with Crippen LogP contribution in [0.25, 0.3) is 10.1 Å². The first kappa shape index (κ1) is 13.9. The van der Waals surface area contributed by atoms with Crippen LogP contribution in [0.15, 0.2) is 54.6 Å². The zero-order valence-corrected chi connectivity index (χ0v) is 13.4. The van der Waals surface area contributed by atoms with Gasteiger partial charge in [-0.05, 0) is 0 Å². The van der Waals surface area contributed by atoms with Crippen LogP contribution in [0.4, 0.5) is 5.69 Å². The minimum atomic E-state index is 0.273. The predicted octanol–water partition coefficient (Wildman–Crippen LogP) is 3.43. The number of hydrogen-bond donors (Lipinski definition) is 2. The van der Waals surface area contributed by atoms with Crippen molar-refractivity contribution in [3.8, 4) is 15.9 Å². The summed E-state index contributed by atoms with van der Waals surface area (Å²) < 4.78 is 2.57. The van der Waals surface area contributed by atoms with Gasteiger partial charge in [0.15, 0.2) is 0 Å². The molecule has 0 bridgehead atoms. The van der Waals surface area contributed by atoms with Crippen LogP contribution in [0, 0.1) is 6.92 Å². The van der Waals surface area contributed by atoms with E-state index in [0.717, 1.165) is 17.9 Å². The van der Waals surface area contributed by atoms with Crippen molar-refractivity contribution < 1.29 is 5.11 Å². The van der Waals surface area contributed by atoms with Crippen molar-refractivity contribution in [2.45, 2.75) is 13.5 Å². The molecule has 0 aliphatic rings. The van der Waals surface area contributed by atoms with Crippen LogP contribution < -0.4 is 5.32 Å². The van der Waals surface area contributed by atoms with Gasteiger partial charge in [-0.3, -0.25) is 0 Å². The third-order valence-electron chi connectivity index (χ3n) is 3.23. The molecule has 0 spiro atoms. The summed E-state index contributed by atoms with van der Waals surface area (Å²) in [6, 6.07) is 17.5. The first-order chi connectivity index (χ1) is 10.2. The Morgan fingerprint density at radius 2 is 1.76 bits per heavy atom. The van der Waals surface area contributed by atoms with E-state index in [-0.39, 0.29) is 20.3 Å². The number of aromatic hydroxyl groups is 1. The summed E-state index contributed by atoms with van der Waals surface area (Å²) in [4.78, 5) is 4.71. The van der Waals surface area contributed by atoms with Crippen LogP contribution in [0.1, 0.15) is 10.1 Å². The quantitative estimate of drug-likeness (QED) is 0.564. The van der Waals surface area contributed by atoms with Gasteiger partial charge >= 0.3 is 130 Å². The molecule has 1 heterocycles. The number of nitrogens with one attached hydrogen (secondary N) is 1. The molecule has 2 N–H and O–H groups in total. The number of aromatic nitrogens is 1. The molecule has 2 aromatic carbocycles. The molecule has 0 aliphatic heterocycles. The monoisotopic (exact) mass is 344 g/mol. The number of aryl methyl sites for hydroxylation is 1. The van der Waals surface area contributed by atoms with Gasteiger partial charge in [-0.1, -0.05) is 0 Å². The molecule has 3 rings (SSSR count). The van der Waals surface area contributed by atoms with E-state index in [9.17, 15) is 5.11 Å². The Morgan fingerprint density at radius 1 is 1.05 bits per heavy atom. The second-order valence-corrected chi connectivity index (χ2v) is 7.07. The number of anilines is 1. The molecule has 21 heavy (non-hydrogen) atoms. The zero-order valence-electron chi connectivity index (χ0n) is 11.7. The van der Waals surface area contributed by atoms with Crippen LogP contribution in [0.2, 0.25) is 0 Å². The van der Waals surface area contributed by atoms with E-state index in [2.05, 4.69) is 36.5 Å². The Hall–Kier alpha value is -2.03. The summed E-state index contributed by atoms with van der Waals surface area (Å²) in [6.45, 7) is 2.88. The molecule has 0 unspecified atom stereocenters. The average molecular weight is 343 g/mol. The molecular formula is C17H16N2OSe. The fourth-order valence-corrected chi connectivity index (χ4v) is 4.17. The van der Waals surface area contributed by atoms with E-state index < -0.39 is 0 Å². The third kappa shape index (κ3) is 3.35. The first-order valence-corrected chi connectivity index (χ1v) is 8.48. The van der Waals surface area contributed by atoms with Gasteiger partial charge in [0.1, 0.15) is 0 Å². The normalized spacial score (nSPS) is 10.5. The van der Waals surface area contributed by atoms with Crippen LogP contribution in [-0.4, -0.2) is 24.6 Å². The van der Waals surface area contributed by atoms with Gasteiger partial charge in [-0.2, -0.15) is 0 Å². The number of rotatable bonds is 4. The van der Waals surface area contributed by atoms with Gasteiger partial charge in [0, 0.05) is 0 Å². The van der Waals surface area contributed by atoms with Gasteiger partial charge < -0.3 is 0 Å². The molecule has 0 saturated carbocycles. The number of benzene rings is 2. The number of phenols is 1. The zero-order chi connectivity index (χ0) is 14.7. The summed E-state index contributed by atoms with van der Waals surface area (Å²) >= 11 is 0.273. The molecule has 4 heteroatoms. The van der Waals surface area contributed by atoms with E-state index in [0.29, 0.717) is 0 Å². The molecule has 1 aromatic heterocycles. The fourth-order valence-electron chi connectivity index (χ4n) is 2.06. The van der Waals surface area contributed by atoms with Crippen LogP contribution >= 0.6 is 0 Å². The van der Waals surface area contributed by atoms with E-state index in [1.165, 1.54) is 14.6 Å². The topological polar surface area (TPSA) is 45.2 Å². The molecule has 3 aromatic rings. The molecule has 0 fully saturated rings. The number of nitrogens with zero attached hydrogens (tertiary/aromatic N) is 1. The van der Waals surface area contributed by atoms with Gasteiger partial charge in [0.25, 0.3) is 0 Å². The van der Waals surface area contributed by atoms with Crippen LogP contribution in [0.3, 0.4) is 0 Å². The summed E-state index contributed by atoms with van der Waals surface area (Å²) in [5.41, 5.74) is 3.36. The fraction of sp³-hybridized carbons (Fsp3) is 0.118. The first-order valence-electron chi connectivity index (χ1n) is 6.77. The summed E-state index contributed by atoms with van der Waals surface area (Å²) in [6.07, 6.45) is 0. The Kier molecular flexibility index (Phi) is 4.09. The van der Waals surface area contributed by atoms with E-state index in [1.54, 1.807) is 12.1 Å². The average Bonchev–Trinajstić information content (AvgIpc) is 2.89. The van der Waals surface area contributed by atoms with E-state index in [4.69, 9.17) is 4.98 Å². The number of hydrogen-bond acceptors (Lipinski definition) is 3. The van der Waals surface area contributed by atoms with E-state index in [1.807, 2.05) is 18.2 Å².